The van der Waals surface area contributed by atoms with Crippen LogP contribution in [0.15, 0.2) is 30.3 Å². The van der Waals surface area contributed by atoms with Gasteiger partial charge in [-0.15, -0.1) is 17.8 Å². The number of phenols is 1. The van der Waals surface area contributed by atoms with E-state index in [-0.39, 0.29) is 16.6 Å². The molecule has 1 aromatic carbocycles. The fourth-order valence-electron chi connectivity index (χ4n) is 7.89. The van der Waals surface area contributed by atoms with E-state index in [1.54, 1.807) is 17.4 Å². The second kappa shape index (κ2) is 6.72. The van der Waals surface area contributed by atoms with Crippen molar-refractivity contribution in [2.75, 3.05) is 0 Å². The quantitative estimate of drug-likeness (QED) is 0.525. The first-order valence-corrected chi connectivity index (χ1v) is 12.8. The zero-order chi connectivity index (χ0) is 22.3. The molecule has 0 spiro atoms. The van der Waals surface area contributed by atoms with Gasteiger partial charge in [0.1, 0.15) is 16.4 Å². The van der Waals surface area contributed by atoms with Crippen LogP contribution in [0.2, 0.25) is 0 Å². The minimum atomic E-state index is -0.943. The molecule has 0 saturated heterocycles. The van der Waals surface area contributed by atoms with Crippen LogP contribution in [0.3, 0.4) is 0 Å². The number of aryl methyl sites for hydroxylation is 1. The van der Waals surface area contributed by atoms with Crippen LogP contribution in [-0.4, -0.2) is 20.8 Å². The number of terminal acetylenes is 1. The molecule has 0 amide bonds. The Morgan fingerprint density at radius 3 is 2.75 bits per heavy atom. The molecule has 4 heteroatoms. The Balaban J connectivity index is 1.38. The minimum Gasteiger partial charge on any atom is -0.508 e. The van der Waals surface area contributed by atoms with Gasteiger partial charge in [-0.05, 0) is 85.8 Å². The van der Waals surface area contributed by atoms with Crippen molar-refractivity contribution in [1.29, 1.82) is 0 Å². The van der Waals surface area contributed by atoms with Gasteiger partial charge >= 0.3 is 0 Å². The van der Waals surface area contributed by atoms with Crippen LogP contribution in [0, 0.1) is 40.9 Å². The molecule has 0 unspecified atom stereocenters. The maximum absolute atomic E-state index is 11.2. The summed E-state index contributed by atoms with van der Waals surface area (Å²) >= 11 is 1.79. The number of hydrogen-bond acceptors (Lipinski definition) is 4. The van der Waals surface area contributed by atoms with E-state index in [2.05, 4.69) is 25.8 Å². The SMILES string of the molecule is C#C[C@]1(O)CC[C@H]2[C@@H]3CC=C4c5sc(-c6cccc(O)c6)nc5CC[C@]4(C)[C@H]3CC[C@@]21C. The highest BCUT2D eigenvalue weighted by molar-refractivity contribution is 7.16. The predicted molar refractivity (Wildman–Crippen MR) is 129 cm³/mol. The molecule has 6 rings (SSSR count). The Hall–Kier alpha value is -2.09. The number of aromatic nitrogens is 1. The highest BCUT2D eigenvalue weighted by atomic mass is 32.1. The van der Waals surface area contributed by atoms with Gasteiger partial charge in [-0.1, -0.05) is 38.0 Å². The fraction of sp³-hybridized carbons (Fsp3) is 0.536. The van der Waals surface area contributed by atoms with Crippen molar-refractivity contribution in [1.82, 2.24) is 4.98 Å². The number of rotatable bonds is 1. The summed E-state index contributed by atoms with van der Waals surface area (Å²) in [6, 6.07) is 7.43. The van der Waals surface area contributed by atoms with Crippen LogP contribution in [0.4, 0.5) is 0 Å². The second-order valence-electron chi connectivity index (χ2n) is 11.0. The van der Waals surface area contributed by atoms with Crippen molar-refractivity contribution < 1.29 is 10.2 Å². The largest absolute Gasteiger partial charge is 0.508 e. The Labute approximate surface area is 194 Å². The monoisotopic (exact) mass is 445 g/mol. The number of nitrogens with zero attached hydrogens (tertiary/aromatic N) is 1. The van der Waals surface area contributed by atoms with E-state index in [0.29, 0.717) is 17.8 Å². The maximum Gasteiger partial charge on any atom is 0.130 e. The Bertz CT molecular complexity index is 1170. The Morgan fingerprint density at radius 2 is 1.97 bits per heavy atom. The van der Waals surface area contributed by atoms with Gasteiger partial charge in [0, 0.05) is 11.0 Å². The van der Waals surface area contributed by atoms with Gasteiger partial charge in [0.05, 0.1) is 10.6 Å². The molecule has 0 bridgehead atoms. The summed E-state index contributed by atoms with van der Waals surface area (Å²) in [4.78, 5) is 6.35. The zero-order valence-electron chi connectivity index (χ0n) is 18.9. The van der Waals surface area contributed by atoms with E-state index >= 15 is 0 Å². The summed E-state index contributed by atoms with van der Waals surface area (Å²) in [5.74, 6) is 4.82. The van der Waals surface area contributed by atoms with Gasteiger partial charge in [0.25, 0.3) is 0 Å². The van der Waals surface area contributed by atoms with Gasteiger partial charge in [0.15, 0.2) is 0 Å². The number of hydrogen-bond donors (Lipinski definition) is 2. The first-order chi connectivity index (χ1) is 15.3. The lowest BCUT2D eigenvalue weighted by molar-refractivity contribution is -0.0886. The van der Waals surface area contributed by atoms with Crippen molar-refractivity contribution in [2.24, 2.45) is 28.6 Å². The van der Waals surface area contributed by atoms with Crippen molar-refractivity contribution in [3.63, 3.8) is 0 Å². The average Bonchev–Trinajstić information content (AvgIpc) is 3.33. The maximum atomic E-state index is 11.2. The number of benzene rings is 1. The molecule has 2 aromatic rings. The van der Waals surface area contributed by atoms with Gasteiger partial charge < -0.3 is 10.2 Å². The Morgan fingerprint density at radius 1 is 1.16 bits per heavy atom. The molecule has 1 aromatic heterocycles. The van der Waals surface area contributed by atoms with Crippen LogP contribution in [0.5, 0.6) is 5.75 Å². The molecule has 6 atom stereocenters. The lowest BCUT2D eigenvalue weighted by atomic mass is 9.47. The molecule has 1 heterocycles. The summed E-state index contributed by atoms with van der Waals surface area (Å²) in [6.07, 6.45) is 15.5. The fourth-order valence-corrected chi connectivity index (χ4v) is 9.18. The molecule has 3 nitrogen and oxygen atoms in total. The van der Waals surface area contributed by atoms with Gasteiger partial charge in [-0.25, -0.2) is 4.98 Å². The molecule has 2 saturated carbocycles. The van der Waals surface area contributed by atoms with E-state index in [1.165, 1.54) is 16.1 Å². The van der Waals surface area contributed by atoms with Crippen molar-refractivity contribution in [3.05, 3.63) is 40.9 Å². The van der Waals surface area contributed by atoms with Crippen LogP contribution in [-0.2, 0) is 6.42 Å². The second-order valence-corrected chi connectivity index (χ2v) is 12.0. The summed E-state index contributed by atoms with van der Waals surface area (Å²) in [5, 5.41) is 22.2. The molecule has 4 aliphatic rings. The third kappa shape index (κ3) is 2.56. The minimum absolute atomic E-state index is 0.155. The topological polar surface area (TPSA) is 53.4 Å². The van der Waals surface area contributed by atoms with Crippen molar-refractivity contribution in [2.45, 2.75) is 64.4 Å². The first kappa shape index (κ1) is 20.5. The van der Waals surface area contributed by atoms with Gasteiger partial charge in [0.2, 0.25) is 0 Å². The summed E-state index contributed by atoms with van der Waals surface area (Å²) < 4.78 is 0. The molecule has 32 heavy (non-hydrogen) atoms. The van der Waals surface area contributed by atoms with E-state index in [0.717, 1.165) is 55.5 Å². The highest BCUT2D eigenvalue weighted by Gasteiger charge is 2.63. The highest BCUT2D eigenvalue weighted by Crippen LogP contribution is 2.68. The van der Waals surface area contributed by atoms with Crippen LogP contribution >= 0.6 is 11.3 Å². The lowest BCUT2D eigenvalue weighted by Gasteiger charge is -2.57. The molecule has 2 N–H and O–H groups in total. The standard InChI is InChI=1S/C28H31NO2S/c1-4-28(31)15-11-21-19-8-9-22-24-23(29-25(32-24)17-6-5-7-18(30)16-17)12-13-26(22,2)20(19)10-14-27(21,28)3/h1,5-7,9,16,19-21,30-31H,8,10-15H2,2-3H3/t19-,20+,21+,26-,27+,28+/m1/s1. The smallest absolute Gasteiger partial charge is 0.130 e. The molecule has 0 aliphatic heterocycles. The summed E-state index contributed by atoms with van der Waals surface area (Å²) in [6.45, 7) is 4.74. The predicted octanol–water partition coefficient (Wildman–Crippen LogP) is 6.06. The first-order valence-electron chi connectivity index (χ1n) is 12.0. The normalized spacial score (nSPS) is 39.8. The van der Waals surface area contributed by atoms with E-state index < -0.39 is 5.60 Å². The average molecular weight is 446 g/mol. The van der Waals surface area contributed by atoms with Crippen LogP contribution in [0.1, 0.15) is 62.9 Å². The third-order valence-corrected chi connectivity index (χ3v) is 11.0. The molecule has 0 radical (unpaired) electrons. The lowest BCUT2D eigenvalue weighted by Crippen LogP contribution is -2.53. The molecule has 166 valence electrons. The van der Waals surface area contributed by atoms with Crippen LogP contribution < -0.4 is 0 Å². The molecular formula is C28H31NO2S. The molecule has 2 fully saturated rings. The third-order valence-electron chi connectivity index (χ3n) is 9.77. The van der Waals surface area contributed by atoms with Gasteiger partial charge in [-0.2, -0.15) is 0 Å². The van der Waals surface area contributed by atoms with Gasteiger partial charge in [-0.3, -0.25) is 0 Å². The van der Waals surface area contributed by atoms with E-state index in [9.17, 15) is 10.2 Å². The zero-order valence-corrected chi connectivity index (χ0v) is 19.7. The van der Waals surface area contributed by atoms with Crippen molar-refractivity contribution >= 4 is 16.9 Å². The Kier molecular flexibility index (Phi) is 4.30. The molecule has 4 aliphatic carbocycles. The summed E-state index contributed by atoms with van der Waals surface area (Å²) in [5.41, 5.74) is 2.78. The number of phenolic OH excluding ortho intramolecular Hbond substituents is 1. The number of thiazole rings is 1. The number of aromatic hydroxyl groups is 1. The summed E-state index contributed by atoms with van der Waals surface area (Å²) in [7, 11) is 0. The number of aliphatic hydroxyl groups is 1. The number of allylic oxidation sites excluding steroid dienone is 2. The van der Waals surface area contributed by atoms with Crippen molar-refractivity contribution in [3.8, 4) is 28.7 Å². The van der Waals surface area contributed by atoms with E-state index in [1.807, 2.05) is 18.2 Å². The van der Waals surface area contributed by atoms with Crippen LogP contribution in [0.25, 0.3) is 16.1 Å². The molecular weight excluding hydrogens is 414 g/mol. The van der Waals surface area contributed by atoms with E-state index in [4.69, 9.17) is 11.4 Å². The number of fused-ring (bicyclic) bond motifs is 7.